The van der Waals surface area contributed by atoms with Crippen molar-refractivity contribution in [3.8, 4) is 0 Å². The molecule has 0 amide bonds. The van der Waals surface area contributed by atoms with Crippen LogP contribution in [0.5, 0.6) is 0 Å². The summed E-state index contributed by atoms with van der Waals surface area (Å²) < 4.78 is 34.2. The van der Waals surface area contributed by atoms with E-state index in [4.69, 9.17) is 4.74 Å². The van der Waals surface area contributed by atoms with Gasteiger partial charge >= 0.3 is 0 Å². The van der Waals surface area contributed by atoms with Crippen LogP contribution in [0.2, 0.25) is 0 Å². The Morgan fingerprint density at radius 3 is 2.57 bits per heavy atom. The lowest BCUT2D eigenvalue weighted by atomic mass is 9.79. The molecule has 6 nitrogen and oxygen atoms in total. The third kappa shape index (κ3) is 4.33. The summed E-state index contributed by atoms with van der Waals surface area (Å²) in [5.41, 5.74) is -0.374. The molecule has 7 heteroatoms. The highest BCUT2D eigenvalue weighted by molar-refractivity contribution is 7.86. The van der Waals surface area contributed by atoms with Crippen LogP contribution in [0.3, 0.4) is 0 Å². The van der Waals surface area contributed by atoms with Crippen molar-refractivity contribution >= 4 is 10.2 Å². The van der Waals surface area contributed by atoms with Gasteiger partial charge in [-0.1, -0.05) is 6.08 Å². The number of allylic oxidation sites excluding steroid dienone is 1. The number of nitrogens with zero attached hydrogens (tertiary/aromatic N) is 2. The number of aliphatic hydroxyl groups is 1. The van der Waals surface area contributed by atoms with Gasteiger partial charge in [0.15, 0.2) is 0 Å². The maximum absolute atomic E-state index is 12.9. The van der Waals surface area contributed by atoms with Crippen LogP contribution in [-0.2, 0) is 14.9 Å². The first-order valence-corrected chi connectivity index (χ1v) is 9.83. The fourth-order valence-corrected chi connectivity index (χ4v) is 5.53. The molecule has 2 heterocycles. The second kappa shape index (κ2) is 8.07. The SMILES string of the molecule is C=CCC1(CO)CCCN(S(=O)(=O)N2CCC(COC)CC2)C1. The summed E-state index contributed by atoms with van der Waals surface area (Å²) >= 11 is 0. The van der Waals surface area contributed by atoms with E-state index in [1.807, 2.05) is 0 Å². The molecule has 1 unspecified atom stereocenters. The number of ether oxygens (including phenoxy) is 1. The molecule has 2 saturated heterocycles. The normalized spacial score (nSPS) is 28.8. The molecule has 0 aromatic rings. The minimum atomic E-state index is -3.44. The van der Waals surface area contributed by atoms with Crippen molar-refractivity contribution < 1.29 is 18.3 Å². The van der Waals surface area contributed by atoms with Gasteiger partial charge in [-0.3, -0.25) is 0 Å². The Balaban J connectivity index is 2.03. The largest absolute Gasteiger partial charge is 0.396 e. The Bertz CT molecular complexity index is 488. The Labute approximate surface area is 140 Å². The summed E-state index contributed by atoms with van der Waals surface area (Å²) in [6.07, 6.45) is 5.75. The predicted octanol–water partition coefficient (Wildman–Crippen LogP) is 1.24. The van der Waals surface area contributed by atoms with Gasteiger partial charge in [-0.15, -0.1) is 6.58 Å². The van der Waals surface area contributed by atoms with Gasteiger partial charge in [0.2, 0.25) is 0 Å². The second-order valence-corrected chi connectivity index (χ2v) is 8.82. The van der Waals surface area contributed by atoms with Gasteiger partial charge in [-0.05, 0) is 38.0 Å². The van der Waals surface area contributed by atoms with Gasteiger partial charge in [0, 0.05) is 45.3 Å². The molecule has 2 rings (SSSR count). The van der Waals surface area contributed by atoms with Crippen LogP contribution in [0.25, 0.3) is 0 Å². The molecule has 1 atom stereocenters. The molecule has 23 heavy (non-hydrogen) atoms. The van der Waals surface area contributed by atoms with Crippen LogP contribution < -0.4 is 0 Å². The zero-order valence-corrected chi connectivity index (χ0v) is 14.9. The first-order valence-electron chi connectivity index (χ1n) is 8.43. The van der Waals surface area contributed by atoms with Gasteiger partial charge in [0.05, 0.1) is 6.61 Å². The number of rotatable bonds is 7. The lowest BCUT2D eigenvalue weighted by molar-refractivity contribution is 0.0628. The van der Waals surface area contributed by atoms with E-state index in [1.54, 1.807) is 21.8 Å². The van der Waals surface area contributed by atoms with Crippen LogP contribution in [0.1, 0.15) is 32.1 Å². The number of hydrogen-bond acceptors (Lipinski definition) is 4. The van der Waals surface area contributed by atoms with Crippen LogP contribution in [0, 0.1) is 11.3 Å². The highest BCUT2D eigenvalue weighted by atomic mass is 32.2. The highest BCUT2D eigenvalue weighted by Gasteiger charge is 2.41. The van der Waals surface area contributed by atoms with Crippen molar-refractivity contribution in [1.82, 2.24) is 8.61 Å². The lowest BCUT2D eigenvalue weighted by Crippen LogP contribution is -2.53. The summed E-state index contributed by atoms with van der Waals surface area (Å²) in [5.74, 6) is 0.449. The maximum atomic E-state index is 12.9. The molecule has 0 spiro atoms. The fraction of sp³-hybridized carbons (Fsp3) is 0.875. The maximum Gasteiger partial charge on any atom is 0.281 e. The molecule has 2 aliphatic heterocycles. The van der Waals surface area contributed by atoms with E-state index in [-0.39, 0.29) is 12.0 Å². The monoisotopic (exact) mass is 346 g/mol. The Morgan fingerprint density at radius 2 is 2.00 bits per heavy atom. The van der Waals surface area contributed by atoms with Crippen molar-refractivity contribution in [1.29, 1.82) is 0 Å². The number of hydrogen-bond donors (Lipinski definition) is 1. The van der Waals surface area contributed by atoms with E-state index < -0.39 is 10.2 Å². The van der Waals surface area contributed by atoms with Crippen molar-refractivity contribution in [3.05, 3.63) is 12.7 Å². The molecule has 134 valence electrons. The van der Waals surface area contributed by atoms with Crippen LogP contribution in [0.4, 0.5) is 0 Å². The molecule has 2 fully saturated rings. The quantitative estimate of drug-likeness (QED) is 0.704. The van der Waals surface area contributed by atoms with Crippen LogP contribution in [-0.4, -0.2) is 68.6 Å². The number of aliphatic hydroxyl groups excluding tert-OH is 1. The summed E-state index contributed by atoms with van der Waals surface area (Å²) in [5, 5.41) is 9.76. The fourth-order valence-electron chi connectivity index (χ4n) is 3.73. The standard InChI is InChI=1S/C16H30N2O4S/c1-3-7-16(14-19)8-4-9-18(13-16)23(20,21)17-10-5-15(6-11-17)12-22-2/h3,15,19H,1,4-14H2,2H3. The van der Waals surface area contributed by atoms with Crippen molar-refractivity contribution in [2.24, 2.45) is 11.3 Å². The lowest BCUT2D eigenvalue weighted by Gasteiger charge is -2.43. The molecule has 0 aromatic heterocycles. The van der Waals surface area contributed by atoms with E-state index in [1.165, 1.54) is 0 Å². The van der Waals surface area contributed by atoms with Gasteiger partial charge in [-0.25, -0.2) is 0 Å². The van der Waals surface area contributed by atoms with Gasteiger partial charge in [0.1, 0.15) is 0 Å². The summed E-state index contributed by atoms with van der Waals surface area (Å²) in [4.78, 5) is 0. The first kappa shape index (κ1) is 18.9. The Hall–Kier alpha value is -0.470. The van der Waals surface area contributed by atoms with Crippen molar-refractivity contribution in [2.75, 3.05) is 46.5 Å². The third-order valence-electron chi connectivity index (χ3n) is 5.17. The van der Waals surface area contributed by atoms with Crippen LogP contribution in [0.15, 0.2) is 12.7 Å². The molecule has 0 aromatic carbocycles. The zero-order valence-electron chi connectivity index (χ0n) is 14.1. The molecule has 1 N–H and O–H groups in total. The molecular weight excluding hydrogens is 316 g/mol. The van der Waals surface area contributed by atoms with Crippen molar-refractivity contribution in [2.45, 2.75) is 32.1 Å². The number of piperidine rings is 2. The Kier molecular flexibility index (Phi) is 6.62. The van der Waals surface area contributed by atoms with E-state index in [0.717, 1.165) is 25.7 Å². The van der Waals surface area contributed by atoms with Crippen molar-refractivity contribution in [3.63, 3.8) is 0 Å². The molecule has 2 aliphatic rings. The predicted molar refractivity (Wildman–Crippen MR) is 90.2 cm³/mol. The summed E-state index contributed by atoms with van der Waals surface area (Å²) in [6.45, 7) is 6.49. The summed E-state index contributed by atoms with van der Waals surface area (Å²) in [6, 6.07) is 0. The molecule has 0 aliphatic carbocycles. The van der Waals surface area contributed by atoms with E-state index in [0.29, 0.717) is 45.1 Å². The van der Waals surface area contributed by atoms with Gasteiger partial charge in [0.25, 0.3) is 10.2 Å². The smallest absolute Gasteiger partial charge is 0.281 e. The highest BCUT2D eigenvalue weighted by Crippen LogP contribution is 2.35. The van der Waals surface area contributed by atoms with Gasteiger partial charge < -0.3 is 9.84 Å². The molecule has 0 saturated carbocycles. The second-order valence-electron chi connectivity index (χ2n) is 6.89. The van der Waals surface area contributed by atoms with Crippen LogP contribution >= 0.6 is 0 Å². The average Bonchev–Trinajstić information content (AvgIpc) is 2.56. The zero-order chi connectivity index (χ0) is 16.9. The number of methoxy groups -OCH3 is 1. The molecule has 0 radical (unpaired) electrons. The third-order valence-corrected chi connectivity index (χ3v) is 7.15. The average molecular weight is 346 g/mol. The molecule has 0 bridgehead atoms. The minimum absolute atomic E-state index is 0.000945. The van der Waals surface area contributed by atoms with E-state index in [9.17, 15) is 13.5 Å². The van der Waals surface area contributed by atoms with Gasteiger partial charge in [-0.2, -0.15) is 17.0 Å². The topological polar surface area (TPSA) is 70.1 Å². The molecular formula is C16H30N2O4S. The van der Waals surface area contributed by atoms with E-state index in [2.05, 4.69) is 6.58 Å². The first-order chi connectivity index (χ1) is 11.0. The summed E-state index contributed by atoms with van der Waals surface area (Å²) in [7, 11) is -1.76. The minimum Gasteiger partial charge on any atom is -0.396 e. The van der Waals surface area contributed by atoms with E-state index >= 15 is 0 Å². The Morgan fingerprint density at radius 1 is 1.30 bits per heavy atom.